The van der Waals surface area contributed by atoms with Gasteiger partial charge in [0.15, 0.2) is 5.16 Å². The van der Waals surface area contributed by atoms with Crippen LogP contribution in [0.25, 0.3) is 10.2 Å². The molecule has 0 saturated heterocycles. The molecule has 5 nitrogen and oxygen atoms in total. The van der Waals surface area contributed by atoms with Crippen molar-refractivity contribution in [2.45, 2.75) is 57.5 Å². The largest absolute Gasteiger partial charge is 0.342 e. The number of aromatic nitrogens is 2. The second-order valence-electron chi connectivity index (χ2n) is 7.14. The highest BCUT2D eigenvalue weighted by Gasteiger charge is 2.23. The minimum atomic E-state index is -0.303. The van der Waals surface area contributed by atoms with Crippen LogP contribution in [0.2, 0.25) is 0 Å². The molecule has 3 rings (SSSR count). The monoisotopic (exact) mass is 443 g/mol. The lowest BCUT2D eigenvalue weighted by Gasteiger charge is -2.23. The van der Waals surface area contributed by atoms with Crippen molar-refractivity contribution in [1.82, 2.24) is 14.5 Å². The van der Waals surface area contributed by atoms with Gasteiger partial charge in [0.2, 0.25) is 5.91 Å². The van der Waals surface area contributed by atoms with Gasteiger partial charge in [0.25, 0.3) is 5.56 Å². The van der Waals surface area contributed by atoms with E-state index in [-0.39, 0.29) is 16.7 Å². The average molecular weight is 444 g/mol. The highest BCUT2D eigenvalue weighted by atomic mass is 32.2. The van der Waals surface area contributed by atoms with Crippen LogP contribution in [0, 0.1) is 0 Å². The van der Waals surface area contributed by atoms with E-state index in [0.29, 0.717) is 30.2 Å². The first kappa shape index (κ1) is 22.6. The van der Waals surface area contributed by atoms with Crippen LogP contribution in [-0.4, -0.2) is 38.7 Å². The summed E-state index contributed by atoms with van der Waals surface area (Å²) in [4.78, 5) is 34.7. The molecule has 0 aliphatic carbocycles. The predicted octanol–water partition coefficient (Wildman–Crippen LogP) is 4.61. The van der Waals surface area contributed by atoms with Crippen LogP contribution in [0.15, 0.2) is 46.3 Å². The van der Waals surface area contributed by atoms with E-state index < -0.39 is 0 Å². The molecule has 0 aliphatic rings. The zero-order valence-corrected chi connectivity index (χ0v) is 19.7. The number of carbonyl (C=O) groups excluding carboxylic acids is 1. The maximum Gasteiger partial charge on any atom is 0.262 e. The number of hydrogen-bond acceptors (Lipinski definition) is 5. The van der Waals surface area contributed by atoms with Gasteiger partial charge in [-0.1, -0.05) is 49.0 Å². The zero-order valence-electron chi connectivity index (χ0n) is 18.1. The predicted molar refractivity (Wildman–Crippen MR) is 127 cm³/mol. The van der Waals surface area contributed by atoms with E-state index in [1.54, 1.807) is 15.9 Å². The lowest BCUT2D eigenvalue weighted by Crippen LogP contribution is -2.36. The van der Waals surface area contributed by atoms with Crippen LogP contribution < -0.4 is 5.56 Å². The molecule has 0 fully saturated rings. The van der Waals surface area contributed by atoms with Crippen molar-refractivity contribution in [3.63, 3.8) is 0 Å². The van der Waals surface area contributed by atoms with Crippen LogP contribution in [0.5, 0.6) is 0 Å². The molecule has 1 aromatic carbocycles. The fourth-order valence-electron chi connectivity index (χ4n) is 3.39. The van der Waals surface area contributed by atoms with Gasteiger partial charge in [-0.05, 0) is 45.2 Å². The molecule has 2 aromatic heterocycles. The van der Waals surface area contributed by atoms with E-state index in [9.17, 15) is 9.59 Å². The molecule has 2 heterocycles. The van der Waals surface area contributed by atoms with Crippen LogP contribution in [-0.2, 0) is 24.2 Å². The quantitative estimate of drug-likeness (QED) is 0.358. The molecule has 0 bridgehead atoms. The van der Waals surface area contributed by atoms with Crippen molar-refractivity contribution in [3.8, 4) is 0 Å². The summed E-state index contributed by atoms with van der Waals surface area (Å²) in [7, 11) is 0. The Morgan fingerprint density at radius 2 is 1.90 bits per heavy atom. The van der Waals surface area contributed by atoms with E-state index >= 15 is 0 Å². The molecule has 30 heavy (non-hydrogen) atoms. The normalized spacial score (nSPS) is 12.3. The van der Waals surface area contributed by atoms with Gasteiger partial charge in [-0.15, -0.1) is 11.3 Å². The van der Waals surface area contributed by atoms with E-state index in [1.807, 2.05) is 49.9 Å². The maximum atomic E-state index is 13.3. The first-order chi connectivity index (χ1) is 14.5. The van der Waals surface area contributed by atoms with E-state index in [1.165, 1.54) is 17.3 Å². The number of nitrogens with zero attached hydrogens (tertiary/aromatic N) is 3. The fourth-order valence-corrected chi connectivity index (χ4v) is 5.42. The molecule has 0 radical (unpaired) electrons. The van der Waals surface area contributed by atoms with Gasteiger partial charge in [-0.2, -0.15) is 0 Å². The molecule has 3 aromatic rings. The first-order valence-corrected chi connectivity index (χ1v) is 12.2. The van der Waals surface area contributed by atoms with Crippen LogP contribution in [0.3, 0.4) is 0 Å². The molecular weight excluding hydrogens is 414 g/mol. The Morgan fingerprint density at radius 1 is 1.20 bits per heavy atom. The van der Waals surface area contributed by atoms with Crippen LogP contribution >= 0.6 is 23.1 Å². The summed E-state index contributed by atoms with van der Waals surface area (Å²) in [6, 6.07) is 12.1. The Bertz CT molecular complexity index is 1060. The average Bonchev–Trinajstić information content (AvgIpc) is 3.18. The first-order valence-electron chi connectivity index (χ1n) is 10.5. The number of rotatable bonds is 9. The summed E-state index contributed by atoms with van der Waals surface area (Å²) in [6.07, 6.45) is 1.62. The third kappa shape index (κ3) is 4.95. The van der Waals surface area contributed by atoms with Gasteiger partial charge in [-0.3, -0.25) is 14.2 Å². The Hall–Kier alpha value is -2.12. The molecule has 1 amide bonds. The molecule has 1 unspecified atom stereocenters. The molecule has 7 heteroatoms. The summed E-state index contributed by atoms with van der Waals surface area (Å²) in [5.74, 6) is 0.0781. The molecule has 0 saturated carbocycles. The number of amides is 1. The van der Waals surface area contributed by atoms with Crippen molar-refractivity contribution in [3.05, 3.63) is 57.2 Å². The number of aryl methyl sites for hydroxylation is 2. The summed E-state index contributed by atoms with van der Waals surface area (Å²) in [5.41, 5.74) is 1.16. The molecule has 0 N–H and O–H groups in total. The van der Waals surface area contributed by atoms with Crippen molar-refractivity contribution in [2.24, 2.45) is 0 Å². The lowest BCUT2D eigenvalue weighted by molar-refractivity contribution is -0.129. The van der Waals surface area contributed by atoms with Gasteiger partial charge in [-0.25, -0.2) is 4.98 Å². The summed E-state index contributed by atoms with van der Waals surface area (Å²) in [6.45, 7) is 9.84. The second kappa shape index (κ2) is 10.3. The Balaban J connectivity index is 1.97. The lowest BCUT2D eigenvalue weighted by atomic mass is 10.1. The van der Waals surface area contributed by atoms with E-state index in [4.69, 9.17) is 4.98 Å². The van der Waals surface area contributed by atoms with Gasteiger partial charge in [0, 0.05) is 24.5 Å². The number of thiophene rings is 1. The van der Waals surface area contributed by atoms with E-state index in [0.717, 1.165) is 22.5 Å². The molecule has 0 spiro atoms. The summed E-state index contributed by atoms with van der Waals surface area (Å²) < 4.78 is 1.75. The third-order valence-electron chi connectivity index (χ3n) is 5.19. The highest BCUT2D eigenvalue weighted by Crippen LogP contribution is 2.28. The van der Waals surface area contributed by atoms with Crippen LogP contribution in [0.1, 0.15) is 38.1 Å². The van der Waals surface area contributed by atoms with Crippen molar-refractivity contribution in [1.29, 1.82) is 0 Å². The smallest absolute Gasteiger partial charge is 0.262 e. The standard InChI is InChI=1S/C23H29N3O2S2/c1-5-18-15-19-20(30-18)24-23(29-16(4)21(27)25(6-2)7-3)26(22(19)28)14-13-17-11-9-8-10-12-17/h8-12,15-16H,5-7,13-14H2,1-4H3. The fraction of sp³-hybridized carbons (Fsp3) is 0.435. The number of fused-ring (bicyclic) bond motifs is 1. The minimum Gasteiger partial charge on any atom is -0.342 e. The number of carbonyl (C=O) groups is 1. The second-order valence-corrected chi connectivity index (χ2v) is 9.57. The summed E-state index contributed by atoms with van der Waals surface area (Å²) >= 11 is 2.95. The molecular formula is C23H29N3O2S2. The molecule has 160 valence electrons. The van der Waals surface area contributed by atoms with Gasteiger partial charge in [0.1, 0.15) is 4.83 Å². The number of thioether (sulfide) groups is 1. The van der Waals surface area contributed by atoms with Gasteiger partial charge >= 0.3 is 0 Å². The van der Waals surface area contributed by atoms with Gasteiger partial charge < -0.3 is 4.90 Å². The Kier molecular flexibility index (Phi) is 7.72. The van der Waals surface area contributed by atoms with E-state index in [2.05, 4.69) is 19.1 Å². The summed E-state index contributed by atoms with van der Waals surface area (Å²) in [5, 5.41) is 1.00. The van der Waals surface area contributed by atoms with Crippen LogP contribution in [0.4, 0.5) is 0 Å². The number of benzene rings is 1. The van der Waals surface area contributed by atoms with Crippen molar-refractivity contribution in [2.75, 3.05) is 13.1 Å². The zero-order chi connectivity index (χ0) is 21.7. The van der Waals surface area contributed by atoms with Crippen molar-refractivity contribution < 1.29 is 4.79 Å². The van der Waals surface area contributed by atoms with Gasteiger partial charge in [0.05, 0.1) is 10.6 Å². The Morgan fingerprint density at radius 3 is 2.53 bits per heavy atom. The highest BCUT2D eigenvalue weighted by molar-refractivity contribution is 8.00. The number of hydrogen-bond donors (Lipinski definition) is 0. The molecule has 1 atom stereocenters. The molecule has 0 aliphatic heterocycles. The third-order valence-corrected chi connectivity index (χ3v) is 7.44. The topological polar surface area (TPSA) is 55.2 Å². The SMILES string of the molecule is CCc1cc2c(=O)n(CCc3ccccc3)c(SC(C)C(=O)N(CC)CC)nc2s1. The maximum absolute atomic E-state index is 13.3. The Labute approximate surface area is 186 Å². The van der Waals surface area contributed by atoms with Crippen molar-refractivity contribution >= 4 is 39.2 Å². The minimum absolute atomic E-state index is 0.0168.